The molecule has 32 heavy (non-hydrogen) atoms. The monoisotopic (exact) mass is 436 g/mol. The lowest BCUT2D eigenvalue weighted by molar-refractivity contribution is -0.992. The average Bonchev–Trinajstić information content (AvgIpc) is 3.10. The van der Waals surface area contributed by atoms with E-state index in [4.69, 9.17) is 0 Å². The normalized spacial score (nSPS) is 20.9. The molecular weight excluding hydrogens is 408 g/mol. The summed E-state index contributed by atoms with van der Waals surface area (Å²) in [5, 5.41) is 20.6. The van der Waals surface area contributed by atoms with Crippen LogP contribution >= 0.6 is 0 Å². The van der Waals surface area contributed by atoms with Gasteiger partial charge in [0.1, 0.15) is 0 Å². The Hall–Kier alpha value is -2.94. The second kappa shape index (κ2) is 8.20. The molecule has 3 aromatic rings. The van der Waals surface area contributed by atoms with Gasteiger partial charge in [-0.1, -0.05) is 18.2 Å². The maximum atomic E-state index is 13.0. The van der Waals surface area contributed by atoms with Gasteiger partial charge in [0, 0.05) is 67.9 Å². The molecule has 1 aromatic carbocycles. The first-order chi connectivity index (χ1) is 15.4. The van der Waals surface area contributed by atoms with Gasteiger partial charge in [-0.3, -0.25) is 9.59 Å². The molecule has 2 bridgehead atoms. The minimum absolute atomic E-state index is 0.0834. The van der Waals surface area contributed by atoms with E-state index in [2.05, 4.69) is 22.9 Å². The number of carbonyl (C=O) groups excluding carboxylic acids is 1. The van der Waals surface area contributed by atoms with Gasteiger partial charge in [0.2, 0.25) is 11.6 Å². The lowest BCUT2D eigenvalue weighted by Gasteiger charge is -2.43. The maximum absolute atomic E-state index is 13.0. The number of quaternary nitrogens is 1. The Morgan fingerprint density at radius 1 is 1.19 bits per heavy atom. The summed E-state index contributed by atoms with van der Waals surface area (Å²) in [4.78, 5) is 27.5. The van der Waals surface area contributed by atoms with Crippen molar-refractivity contribution in [3.8, 4) is 0 Å². The van der Waals surface area contributed by atoms with Gasteiger partial charge >= 0.3 is 5.56 Å². The van der Waals surface area contributed by atoms with E-state index in [0.29, 0.717) is 26.1 Å². The highest BCUT2D eigenvalue weighted by molar-refractivity contribution is 5.84. The first-order valence-corrected chi connectivity index (χ1v) is 11.2. The molecule has 1 amide bonds. The molecule has 1 saturated heterocycles. The Kier molecular flexibility index (Phi) is 5.36. The van der Waals surface area contributed by atoms with E-state index >= 15 is 0 Å². The molecule has 8 heteroatoms. The number of hydrogen-bond donors (Lipinski definition) is 2. The number of pyridine rings is 1. The predicted octanol–water partition coefficient (Wildman–Crippen LogP) is 1.71. The Bertz CT molecular complexity index is 1230. The molecule has 5 rings (SSSR count). The Labute approximate surface area is 185 Å². The number of carbonyl (C=O) groups is 1. The maximum Gasteiger partial charge on any atom is 0.315 e. The number of benzene rings is 1. The SMILES string of the molecule is Cn1cc(CCCC(=O)N2CC3CC(C2)c2ccc([NH+]([O-])O)c(=O)n2C3)c2ccccc21. The van der Waals surface area contributed by atoms with Crippen LogP contribution in [-0.2, 0) is 24.8 Å². The molecule has 0 spiro atoms. The second-order valence-corrected chi connectivity index (χ2v) is 9.13. The molecule has 0 saturated carbocycles. The molecule has 8 nitrogen and oxygen atoms in total. The molecule has 4 heterocycles. The topological polar surface area (TPSA) is 95.0 Å². The largest absolute Gasteiger partial charge is 0.595 e. The van der Waals surface area contributed by atoms with E-state index in [1.54, 1.807) is 10.6 Å². The molecule has 0 radical (unpaired) electrons. The van der Waals surface area contributed by atoms with Gasteiger partial charge in [-0.15, -0.1) is 0 Å². The van der Waals surface area contributed by atoms with Crippen LogP contribution in [-0.4, -0.2) is 38.2 Å². The van der Waals surface area contributed by atoms with Crippen LogP contribution in [0, 0.1) is 11.1 Å². The number of piperidine rings is 1. The number of aryl methyl sites for hydroxylation is 2. The number of nitrogens with zero attached hydrogens (tertiary/aromatic N) is 3. The summed E-state index contributed by atoms with van der Waals surface area (Å²) in [5.74, 6) is 0.433. The molecule has 2 aliphatic heterocycles. The zero-order valence-electron chi connectivity index (χ0n) is 18.2. The highest BCUT2D eigenvalue weighted by atomic mass is 16.8. The number of likely N-dealkylation sites (tertiary alicyclic amines) is 1. The fourth-order valence-corrected chi connectivity index (χ4v) is 5.53. The third-order valence-corrected chi connectivity index (χ3v) is 7.00. The van der Waals surface area contributed by atoms with E-state index in [0.717, 1.165) is 25.0 Å². The lowest BCUT2D eigenvalue weighted by atomic mass is 9.83. The summed E-state index contributed by atoms with van der Waals surface area (Å²) in [7, 11) is 2.05. The Morgan fingerprint density at radius 2 is 2.00 bits per heavy atom. The van der Waals surface area contributed by atoms with Crippen LogP contribution in [0.1, 0.15) is 36.4 Å². The Balaban J connectivity index is 1.25. The van der Waals surface area contributed by atoms with E-state index in [1.165, 1.54) is 22.5 Å². The van der Waals surface area contributed by atoms with Crippen LogP contribution in [0.2, 0.25) is 0 Å². The number of hydrogen-bond acceptors (Lipinski definition) is 4. The first kappa shape index (κ1) is 20.9. The van der Waals surface area contributed by atoms with Crippen molar-refractivity contribution in [2.24, 2.45) is 13.0 Å². The van der Waals surface area contributed by atoms with E-state index in [-0.39, 0.29) is 23.4 Å². The molecular formula is C24H28N4O4. The van der Waals surface area contributed by atoms with E-state index in [9.17, 15) is 20.0 Å². The standard InChI is InChI=1S/C24H28N4O4/c1-25-14-17(19-6-2-3-7-21(19)25)5-4-8-23(29)26-12-16-11-18(15-26)20-9-10-22(28(31)32)24(30)27(20)13-16/h2-3,6-7,9-10,14,16,18,28,31H,4-5,8,11-13,15H2,1H3. The molecule has 3 unspecified atom stereocenters. The number of para-hydroxylation sites is 1. The van der Waals surface area contributed by atoms with Crippen molar-refractivity contribution in [3.05, 3.63) is 69.4 Å². The molecule has 0 aliphatic carbocycles. The van der Waals surface area contributed by atoms with Gasteiger partial charge in [0.05, 0.1) is 0 Å². The van der Waals surface area contributed by atoms with Crippen LogP contribution in [0.15, 0.2) is 47.4 Å². The first-order valence-electron chi connectivity index (χ1n) is 11.2. The minimum atomic E-state index is -1.19. The zero-order valence-corrected chi connectivity index (χ0v) is 18.2. The fourth-order valence-electron chi connectivity index (χ4n) is 5.53. The fraction of sp³-hybridized carbons (Fsp3) is 0.417. The van der Waals surface area contributed by atoms with Gasteiger partial charge in [-0.25, -0.2) is 5.21 Å². The lowest BCUT2D eigenvalue weighted by Crippen LogP contribution is -3.00. The summed E-state index contributed by atoms with van der Waals surface area (Å²) in [6.07, 6.45) is 5.26. The van der Waals surface area contributed by atoms with Gasteiger partial charge in [0.15, 0.2) is 0 Å². The highest BCUT2D eigenvalue weighted by Gasteiger charge is 2.37. The van der Waals surface area contributed by atoms with E-state index in [1.807, 2.05) is 24.1 Å². The molecule has 2 aromatic heterocycles. The predicted molar refractivity (Wildman–Crippen MR) is 120 cm³/mol. The van der Waals surface area contributed by atoms with Gasteiger partial charge in [-0.05, 0) is 42.9 Å². The van der Waals surface area contributed by atoms with Crippen molar-refractivity contribution in [2.45, 2.75) is 38.1 Å². The van der Waals surface area contributed by atoms with Crippen molar-refractivity contribution >= 4 is 22.5 Å². The van der Waals surface area contributed by atoms with Crippen LogP contribution in [0.25, 0.3) is 10.9 Å². The summed E-state index contributed by atoms with van der Waals surface area (Å²) >= 11 is 0. The molecule has 1 fully saturated rings. The zero-order chi connectivity index (χ0) is 22.4. The van der Waals surface area contributed by atoms with Crippen molar-refractivity contribution < 1.29 is 15.2 Å². The smallest absolute Gasteiger partial charge is 0.315 e. The van der Waals surface area contributed by atoms with Gasteiger partial charge in [-0.2, -0.15) is 5.23 Å². The molecule has 2 aliphatic rings. The van der Waals surface area contributed by atoms with Crippen molar-refractivity contribution in [3.63, 3.8) is 0 Å². The van der Waals surface area contributed by atoms with Gasteiger partial charge < -0.3 is 19.2 Å². The van der Waals surface area contributed by atoms with Gasteiger partial charge in [0.25, 0.3) is 0 Å². The number of aromatic nitrogens is 2. The van der Waals surface area contributed by atoms with Crippen LogP contribution in [0.5, 0.6) is 0 Å². The molecule has 3 atom stereocenters. The third-order valence-electron chi connectivity index (χ3n) is 7.00. The molecule has 2 N–H and O–H groups in total. The van der Waals surface area contributed by atoms with Crippen LogP contribution in [0.4, 0.5) is 5.69 Å². The number of nitrogens with one attached hydrogen (secondary N) is 1. The van der Waals surface area contributed by atoms with Crippen molar-refractivity contribution in [2.75, 3.05) is 13.1 Å². The van der Waals surface area contributed by atoms with Crippen molar-refractivity contribution in [1.82, 2.24) is 14.0 Å². The summed E-state index contributed by atoms with van der Waals surface area (Å²) < 4.78 is 3.75. The molecule has 168 valence electrons. The quantitative estimate of drug-likeness (QED) is 0.596. The number of fused-ring (bicyclic) bond motifs is 5. The van der Waals surface area contributed by atoms with E-state index < -0.39 is 10.8 Å². The Morgan fingerprint density at radius 3 is 2.81 bits per heavy atom. The highest BCUT2D eigenvalue weighted by Crippen LogP contribution is 2.35. The van der Waals surface area contributed by atoms with Crippen LogP contribution in [0.3, 0.4) is 0 Å². The summed E-state index contributed by atoms with van der Waals surface area (Å²) in [6.45, 7) is 1.70. The van der Waals surface area contributed by atoms with Crippen LogP contribution < -0.4 is 10.8 Å². The summed E-state index contributed by atoms with van der Waals surface area (Å²) in [6, 6.07) is 11.5. The number of rotatable bonds is 5. The third kappa shape index (κ3) is 3.64. The average molecular weight is 437 g/mol. The summed E-state index contributed by atoms with van der Waals surface area (Å²) in [5.41, 5.74) is 2.71. The minimum Gasteiger partial charge on any atom is -0.595 e. The number of amides is 1. The van der Waals surface area contributed by atoms with Crippen molar-refractivity contribution in [1.29, 1.82) is 0 Å². The second-order valence-electron chi connectivity index (χ2n) is 9.13.